The van der Waals surface area contributed by atoms with Gasteiger partial charge in [-0.2, -0.15) is 0 Å². The molecule has 114 valence electrons. The number of benzene rings is 1. The lowest BCUT2D eigenvalue weighted by atomic mass is 9.96. The molecule has 0 bridgehead atoms. The predicted octanol–water partition coefficient (Wildman–Crippen LogP) is 2.04. The van der Waals surface area contributed by atoms with Crippen LogP contribution in [0, 0.1) is 12.8 Å². The number of hydrogen-bond acceptors (Lipinski definition) is 4. The summed E-state index contributed by atoms with van der Waals surface area (Å²) >= 11 is 0. The molecule has 0 spiro atoms. The molecule has 0 saturated carbocycles. The fraction of sp³-hybridized carbons (Fsp3) is 0.353. The molecule has 0 unspecified atom stereocenters. The van der Waals surface area contributed by atoms with Crippen LogP contribution in [-0.4, -0.2) is 22.5 Å². The second-order valence-electron chi connectivity index (χ2n) is 5.51. The molecule has 22 heavy (non-hydrogen) atoms. The molecule has 1 aromatic carbocycles. The van der Waals surface area contributed by atoms with Gasteiger partial charge in [-0.05, 0) is 31.4 Å². The van der Waals surface area contributed by atoms with Crippen LogP contribution in [0.2, 0.25) is 0 Å². The lowest BCUT2D eigenvalue weighted by Gasteiger charge is -2.13. The number of hydrogen-bond donors (Lipinski definition) is 1. The largest absolute Gasteiger partial charge is 0.493 e. The summed E-state index contributed by atoms with van der Waals surface area (Å²) in [7, 11) is 0. The van der Waals surface area contributed by atoms with E-state index in [0.29, 0.717) is 19.6 Å². The van der Waals surface area contributed by atoms with Crippen molar-refractivity contribution < 1.29 is 9.53 Å². The molecule has 5 heteroatoms. The third kappa shape index (κ3) is 3.42. The maximum atomic E-state index is 12.4. The van der Waals surface area contributed by atoms with Gasteiger partial charge in [0.1, 0.15) is 5.75 Å². The topological polar surface area (TPSA) is 64.1 Å². The van der Waals surface area contributed by atoms with Crippen LogP contribution in [0.3, 0.4) is 0 Å². The second kappa shape index (κ2) is 6.56. The van der Waals surface area contributed by atoms with Crippen LogP contribution in [0.5, 0.6) is 5.75 Å². The minimum atomic E-state index is -0.0675. The zero-order valence-corrected chi connectivity index (χ0v) is 12.6. The van der Waals surface area contributed by atoms with Crippen LogP contribution in [0.1, 0.15) is 23.4 Å². The molecule has 0 aliphatic carbocycles. The highest BCUT2D eigenvalue weighted by Crippen LogP contribution is 2.26. The van der Waals surface area contributed by atoms with Gasteiger partial charge in [-0.3, -0.25) is 14.8 Å². The fourth-order valence-electron chi connectivity index (χ4n) is 2.55. The Morgan fingerprint density at radius 2 is 2.18 bits per heavy atom. The normalized spacial score (nSPS) is 17.0. The number of rotatable bonds is 3. The average Bonchev–Trinajstić information content (AvgIpc) is 2.76. The molecule has 1 N–H and O–H groups in total. The van der Waals surface area contributed by atoms with Crippen molar-refractivity contribution in [2.75, 3.05) is 6.61 Å². The summed E-state index contributed by atoms with van der Waals surface area (Å²) in [5.41, 5.74) is 2.73. The van der Waals surface area contributed by atoms with E-state index in [-0.39, 0.29) is 11.8 Å². The lowest BCUT2D eigenvalue weighted by molar-refractivity contribution is -0.125. The summed E-state index contributed by atoms with van der Waals surface area (Å²) in [5, 5.41) is 2.95. The Balaban J connectivity index is 1.61. The van der Waals surface area contributed by atoms with Crippen LogP contribution >= 0.6 is 0 Å². The summed E-state index contributed by atoms with van der Waals surface area (Å²) in [5.74, 6) is 0.868. The first kappa shape index (κ1) is 14.5. The number of carbonyl (C=O) groups is 1. The predicted molar refractivity (Wildman–Crippen MR) is 82.4 cm³/mol. The summed E-state index contributed by atoms with van der Waals surface area (Å²) in [6.07, 6.45) is 4.83. The molecule has 3 rings (SSSR count). The minimum absolute atomic E-state index is 0.0441. The van der Waals surface area contributed by atoms with Gasteiger partial charge < -0.3 is 10.1 Å². The summed E-state index contributed by atoms with van der Waals surface area (Å²) in [6.45, 7) is 2.86. The first-order valence-corrected chi connectivity index (χ1v) is 7.48. The monoisotopic (exact) mass is 297 g/mol. The van der Waals surface area contributed by atoms with Crippen LogP contribution in [0.25, 0.3) is 0 Å². The van der Waals surface area contributed by atoms with Crippen molar-refractivity contribution in [1.82, 2.24) is 15.3 Å². The smallest absolute Gasteiger partial charge is 0.223 e. The number of nitrogens with one attached hydrogen (secondary N) is 1. The third-order valence-corrected chi connectivity index (χ3v) is 3.81. The van der Waals surface area contributed by atoms with E-state index >= 15 is 0 Å². The van der Waals surface area contributed by atoms with Crippen LogP contribution < -0.4 is 10.1 Å². The maximum Gasteiger partial charge on any atom is 0.223 e. The summed E-state index contributed by atoms with van der Waals surface area (Å²) < 4.78 is 5.70. The molecule has 2 heterocycles. The Kier molecular flexibility index (Phi) is 4.32. The van der Waals surface area contributed by atoms with Crippen molar-refractivity contribution in [2.45, 2.75) is 26.3 Å². The maximum absolute atomic E-state index is 12.4. The Hall–Kier alpha value is -2.43. The molecule has 2 aromatic rings. The van der Waals surface area contributed by atoms with E-state index in [1.807, 2.05) is 31.2 Å². The third-order valence-electron chi connectivity index (χ3n) is 3.81. The Labute approximate surface area is 129 Å². The van der Waals surface area contributed by atoms with Gasteiger partial charge in [-0.15, -0.1) is 0 Å². The number of aromatic nitrogens is 2. The molecule has 0 fully saturated rings. The number of para-hydroxylation sites is 1. The fourth-order valence-corrected chi connectivity index (χ4v) is 2.55. The number of aryl methyl sites for hydroxylation is 1. The Morgan fingerprint density at radius 1 is 1.32 bits per heavy atom. The van der Waals surface area contributed by atoms with Crippen molar-refractivity contribution in [3.63, 3.8) is 0 Å². The van der Waals surface area contributed by atoms with E-state index in [9.17, 15) is 4.79 Å². The minimum Gasteiger partial charge on any atom is -0.493 e. The van der Waals surface area contributed by atoms with Crippen molar-refractivity contribution >= 4 is 5.91 Å². The molecule has 5 nitrogen and oxygen atoms in total. The van der Waals surface area contributed by atoms with E-state index < -0.39 is 0 Å². The molecular weight excluding hydrogens is 278 g/mol. The van der Waals surface area contributed by atoms with Crippen molar-refractivity contribution in [3.8, 4) is 5.75 Å². The van der Waals surface area contributed by atoms with E-state index in [1.54, 1.807) is 12.4 Å². The van der Waals surface area contributed by atoms with Crippen molar-refractivity contribution in [1.29, 1.82) is 0 Å². The van der Waals surface area contributed by atoms with Gasteiger partial charge in [0.2, 0.25) is 5.91 Å². The van der Waals surface area contributed by atoms with Crippen molar-refractivity contribution in [3.05, 3.63) is 53.6 Å². The van der Waals surface area contributed by atoms with Gasteiger partial charge in [0.05, 0.1) is 30.7 Å². The SMILES string of the molecule is Cc1cnc(CNC(=O)[C@@H]2CCOc3ccccc3C2)cn1. The molecular formula is C17H19N3O2. The van der Waals surface area contributed by atoms with E-state index in [4.69, 9.17) is 4.74 Å². The van der Waals surface area contributed by atoms with E-state index in [2.05, 4.69) is 15.3 Å². The summed E-state index contributed by atoms with van der Waals surface area (Å²) in [4.78, 5) is 20.8. The molecule has 0 radical (unpaired) electrons. The zero-order chi connectivity index (χ0) is 15.4. The highest BCUT2D eigenvalue weighted by molar-refractivity contribution is 5.79. The molecule has 1 atom stereocenters. The lowest BCUT2D eigenvalue weighted by Crippen LogP contribution is -2.32. The molecule has 1 amide bonds. The van der Waals surface area contributed by atoms with Gasteiger partial charge in [-0.25, -0.2) is 0 Å². The molecule has 0 saturated heterocycles. The van der Waals surface area contributed by atoms with Gasteiger partial charge in [0, 0.05) is 12.1 Å². The Bertz CT molecular complexity index is 655. The van der Waals surface area contributed by atoms with Gasteiger partial charge in [-0.1, -0.05) is 18.2 Å². The summed E-state index contributed by atoms with van der Waals surface area (Å²) in [6, 6.07) is 7.91. The number of ether oxygens (including phenoxy) is 1. The van der Waals surface area contributed by atoms with Gasteiger partial charge >= 0.3 is 0 Å². The highest BCUT2D eigenvalue weighted by atomic mass is 16.5. The van der Waals surface area contributed by atoms with Gasteiger partial charge in [0.15, 0.2) is 0 Å². The first-order valence-electron chi connectivity index (χ1n) is 7.48. The van der Waals surface area contributed by atoms with Crippen LogP contribution in [0.4, 0.5) is 0 Å². The Morgan fingerprint density at radius 3 is 3.00 bits per heavy atom. The van der Waals surface area contributed by atoms with E-state index in [0.717, 1.165) is 29.1 Å². The number of nitrogens with zero attached hydrogens (tertiary/aromatic N) is 2. The zero-order valence-electron chi connectivity index (χ0n) is 12.6. The first-order chi connectivity index (χ1) is 10.7. The molecule has 1 aromatic heterocycles. The van der Waals surface area contributed by atoms with E-state index in [1.165, 1.54) is 0 Å². The number of amides is 1. The number of fused-ring (bicyclic) bond motifs is 1. The molecule has 1 aliphatic heterocycles. The quantitative estimate of drug-likeness (QED) is 0.941. The number of carbonyl (C=O) groups excluding carboxylic acids is 1. The van der Waals surface area contributed by atoms with Gasteiger partial charge in [0.25, 0.3) is 0 Å². The van der Waals surface area contributed by atoms with Crippen molar-refractivity contribution in [2.24, 2.45) is 5.92 Å². The van der Waals surface area contributed by atoms with Crippen LogP contribution in [-0.2, 0) is 17.8 Å². The average molecular weight is 297 g/mol. The molecule has 1 aliphatic rings. The van der Waals surface area contributed by atoms with Crippen LogP contribution in [0.15, 0.2) is 36.7 Å². The second-order valence-corrected chi connectivity index (χ2v) is 5.51. The highest BCUT2D eigenvalue weighted by Gasteiger charge is 2.23. The standard InChI is InChI=1S/C17H19N3O2/c1-12-9-19-15(10-18-12)11-20-17(21)14-6-7-22-16-5-3-2-4-13(16)8-14/h2-5,9-10,14H,6-8,11H2,1H3,(H,20,21)/t14-/m1/s1.